The van der Waals surface area contributed by atoms with Crippen LogP contribution < -0.4 is 10.1 Å². The van der Waals surface area contributed by atoms with Crippen LogP contribution in [0.4, 0.5) is 0 Å². The van der Waals surface area contributed by atoms with Crippen molar-refractivity contribution in [2.75, 3.05) is 6.54 Å². The number of carbonyl (C=O) groups excluding carboxylic acids is 1. The molecule has 0 spiro atoms. The van der Waals surface area contributed by atoms with Crippen molar-refractivity contribution in [1.82, 2.24) is 15.1 Å². The van der Waals surface area contributed by atoms with E-state index in [9.17, 15) is 4.79 Å². The number of halogens is 2. The standard InChI is InChI=1S/C21H21BrClN3O2/c1-15-6-7-19(23)20(10-15)28-14-16-4-2-5-17(11-16)21(27)24-8-3-9-26-13-18(22)12-25-26/h2,4-7,10-13H,3,8-9,14H2,1H3,(H,24,27). The molecule has 28 heavy (non-hydrogen) atoms. The molecule has 0 unspecified atom stereocenters. The molecule has 0 saturated carbocycles. The van der Waals surface area contributed by atoms with Gasteiger partial charge >= 0.3 is 0 Å². The van der Waals surface area contributed by atoms with Gasteiger partial charge in [0.2, 0.25) is 0 Å². The van der Waals surface area contributed by atoms with Crippen molar-refractivity contribution in [3.05, 3.63) is 81.0 Å². The fourth-order valence-electron chi connectivity index (χ4n) is 2.69. The first-order valence-electron chi connectivity index (χ1n) is 8.95. The van der Waals surface area contributed by atoms with Gasteiger partial charge in [0.1, 0.15) is 12.4 Å². The summed E-state index contributed by atoms with van der Waals surface area (Å²) in [5.41, 5.74) is 2.60. The summed E-state index contributed by atoms with van der Waals surface area (Å²) in [6.45, 7) is 3.66. The molecule has 0 saturated heterocycles. The van der Waals surface area contributed by atoms with Crippen molar-refractivity contribution in [2.45, 2.75) is 26.5 Å². The van der Waals surface area contributed by atoms with Crippen LogP contribution in [0.25, 0.3) is 0 Å². The fourth-order valence-corrected chi connectivity index (χ4v) is 3.19. The van der Waals surface area contributed by atoms with E-state index in [2.05, 4.69) is 26.3 Å². The summed E-state index contributed by atoms with van der Waals surface area (Å²) in [5.74, 6) is 0.541. The second-order valence-electron chi connectivity index (χ2n) is 6.45. The number of aryl methyl sites for hydroxylation is 2. The van der Waals surface area contributed by atoms with E-state index in [1.54, 1.807) is 12.3 Å². The molecule has 0 aliphatic heterocycles. The summed E-state index contributed by atoms with van der Waals surface area (Å²) in [6, 6.07) is 13.1. The molecule has 0 bridgehead atoms. The largest absolute Gasteiger partial charge is 0.487 e. The quantitative estimate of drug-likeness (QED) is 0.479. The summed E-state index contributed by atoms with van der Waals surface area (Å²) in [6.07, 6.45) is 4.45. The SMILES string of the molecule is Cc1ccc(Cl)c(OCc2cccc(C(=O)NCCCn3cc(Br)cn3)c2)c1. The molecule has 0 radical (unpaired) electrons. The number of benzene rings is 2. The van der Waals surface area contributed by atoms with Crippen LogP contribution in [0.15, 0.2) is 59.3 Å². The van der Waals surface area contributed by atoms with Crippen LogP contribution in [0, 0.1) is 6.92 Å². The summed E-state index contributed by atoms with van der Waals surface area (Å²) < 4.78 is 8.60. The van der Waals surface area contributed by atoms with Gasteiger partial charge in [-0.25, -0.2) is 0 Å². The van der Waals surface area contributed by atoms with Crippen LogP contribution >= 0.6 is 27.5 Å². The summed E-state index contributed by atoms with van der Waals surface area (Å²) >= 11 is 9.53. The van der Waals surface area contributed by atoms with Gasteiger partial charge in [-0.05, 0) is 64.7 Å². The van der Waals surface area contributed by atoms with E-state index in [0.29, 0.717) is 29.5 Å². The number of nitrogens with one attached hydrogen (secondary N) is 1. The number of ether oxygens (including phenoxy) is 1. The molecule has 7 heteroatoms. The first kappa shape index (κ1) is 20.4. The van der Waals surface area contributed by atoms with Crippen LogP contribution in [0.5, 0.6) is 5.75 Å². The van der Waals surface area contributed by atoms with Gasteiger partial charge in [0.05, 0.1) is 15.7 Å². The minimum atomic E-state index is -0.0999. The molecule has 146 valence electrons. The van der Waals surface area contributed by atoms with E-state index >= 15 is 0 Å². The van der Waals surface area contributed by atoms with Crippen LogP contribution in [-0.2, 0) is 13.2 Å². The number of nitrogens with zero attached hydrogens (tertiary/aromatic N) is 2. The second-order valence-corrected chi connectivity index (χ2v) is 7.78. The lowest BCUT2D eigenvalue weighted by molar-refractivity contribution is 0.0952. The average Bonchev–Trinajstić information content (AvgIpc) is 3.11. The predicted molar refractivity (Wildman–Crippen MR) is 114 cm³/mol. The molecule has 1 aromatic heterocycles. The minimum Gasteiger partial charge on any atom is -0.487 e. The van der Waals surface area contributed by atoms with Crippen LogP contribution in [-0.4, -0.2) is 22.2 Å². The minimum absolute atomic E-state index is 0.0999. The first-order chi connectivity index (χ1) is 13.5. The van der Waals surface area contributed by atoms with Crippen molar-refractivity contribution in [3.8, 4) is 5.75 Å². The van der Waals surface area contributed by atoms with Gasteiger partial charge in [0, 0.05) is 24.8 Å². The van der Waals surface area contributed by atoms with Gasteiger partial charge < -0.3 is 10.1 Å². The Hall–Kier alpha value is -2.31. The van der Waals surface area contributed by atoms with Crippen LogP contribution in [0.2, 0.25) is 5.02 Å². The maximum absolute atomic E-state index is 12.4. The number of rotatable bonds is 8. The van der Waals surface area contributed by atoms with Crippen molar-refractivity contribution < 1.29 is 9.53 Å². The molecule has 1 heterocycles. The third kappa shape index (κ3) is 5.84. The summed E-state index contributed by atoms with van der Waals surface area (Å²) in [7, 11) is 0. The predicted octanol–water partition coefficient (Wildman–Crippen LogP) is 5.01. The van der Waals surface area contributed by atoms with E-state index < -0.39 is 0 Å². The maximum Gasteiger partial charge on any atom is 0.251 e. The Kier molecular flexibility index (Phi) is 7.12. The van der Waals surface area contributed by atoms with Gasteiger partial charge in [-0.15, -0.1) is 0 Å². The number of hydrogen-bond acceptors (Lipinski definition) is 3. The zero-order chi connectivity index (χ0) is 19.9. The summed E-state index contributed by atoms with van der Waals surface area (Å²) in [5, 5.41) is 7.71. The number of amides is 1. The third-order valence-electron chi connectivity index (χ3n) is 4.12. The Morgan fingerprint density at radius 1 is 1.29 bits per heavy atom. The lowest BCUT2D eigenvalue weighted by Gasteiger charge is -2.10. The van der Waals surface area contributed by atoms with Crippen molar-refractivity contribution >= 4 is 33.4 Å². The first-order valence-corrected chi connectivity index (χ1v) is 10.1. The molecular formula is C21H21BrClN3O2. The van der Waals surface area contributed by atoms with Crippen molar-refractivity contribution in [3.63, 3.8) is 0 Å². The number of hydrogen-bond donors (Lipinski definition) is 1. The van der Waals surface area contributed by atoms with E-state index in [1.165, 1.54) is 0 Å². The molecule has 5 nitrogen and oxygen atoms in total. The lowest BCUT2D eigenvalue weighted by atomic mass is 10.1. The Bertz CT molecular complexity index is 958. The van der Waals surface area contributed by atoms with Gasteiger partial charge in [-0.1, -0.05) is 29.8 Å². The molecular weight excluding hydrogens is 442 g/mol. The number of aromatic nitrogens is 2. The topological polar surface area (TPSA) is 56.1 Å². The molecule has 0 aliphatic rings. The van der Waals surface area contributed by atoms with E-state index in [0.717, 1.165) is 28.6 Å². The second kappa shape index (κ2) is 9.75. The monoisotopic (exact) mass is 461 g/mol. The van der Waals surface area contributed by atoms with Gasteiger partial charge in [-0.3, -0.25) is 9.48 Å². The fraction of sp³-hybridized carbons (Fsp3) is 0.238. The highest BCUT2D eigenvalue weighted by molar-refractivity contribution is 9.10. The Morgan fingerprint density at radius 2 is 2.14 bits per heavy atom. The Labute approximate surface area is 177 Å². The van der Waals surface area contributed by atoms with Gasteiger partial charge in [0.25, 0.3) is 5.91 Å². The van der Waals surface area contributed by atoms with Crippen molar-refractivity contribution in [1.29, 1.82) is 0 Å². The zero-order valence-electron chi connectivity index (χ0n) is 15.5. The van der Waals surface area contributed by atoms with E-state index in [4.69, 9.17) is 16.3 Å². The molecule has 0 fully saturated rings. The highest BCUT2D eigenvalue weighted by atomic mass is 79.9. The third-order valence-corrected chi connectivity index (χ3v) is 4.84. The zero-order valence-corrected chi connectivity index (χ0v) is 17.8. The average molecular weight is 463 g/mol. The van der Waals surface area contributed by atoms with Crippen molar-refractivity contribution in [2.24, 2.45) is 0 Å². The Balaban J connectivity index is 1.50. The van der Waals surface area contributed by atoms with E-state index in [-0.39, 0.29) is 5.91 Å². The molecule has 0 atom stereocenters. The van der Waals surface area contributed by atoms with Crippen LogP contribution in [0.3, 0.4) is 0 Å². The Morgan fingerprint density at radius 3 is 2.93 bits per heavy atom. The smallest absolute Gasteiger partial charge is 0.251 e. The molecule has 1 N–H and O–H groups in total. The highest BCUT2D eigenvalue weighted by Crippen LogP contribution is 2.26. The molecule has 2 aromatic carbocycles. The maximum atomic E-state index is 12.4. The molecule has 3 aromatic rings. The van der Waals surface area contributed by atoms with Gasteiger partial charge in [0.15, 0.2) is 0 Å². The molecule has 1 amide bonds. The van der Waals surface area contributed by atoms with Crippen LogP contribution in [0.1, 0.15) is 27.9 Å². The lowest BCUT2D eigenvalue weighted by Crippen LogP contribution is -2.25. The highest BCUT2D eigenvalue weighted by Gasteiger charge is 2.07. The normalized spacial score (nSPS) is 10.7. The number of carbonyl (C=O) groups is 1. The van der Waals surface area contributed by atoms with Gasteiger partial charge in [-0.2, -0.15) is 5.10 Å². The molecule has 3 rings (SSSR count). The summed E-state index contributed by atoms with van der Waals surface area (Å²) in [4.78, 5) is 12.4. The van der Waals surface area contributed by atoms with E-state index in [1.807, 2.05) is 54.2 Å². The molecule has 0 aliphatic carbocycles.